The summed E-state index contributed by atoms with van der Waals surface area (Å²) in [4.78, 5) is -0.0459. The molecule has 1 aromatic carbocycles. The zero-order chi connectivity index (χ0) is 13.1. The molecule has 0 saturated heterocycles. The number of sulfonamides is 1. The summed E-state index contributed by atoms with van der Waals surface area (Å²) in [5.74, 6) is 0. The largest absolute Gasteiger partial charge is 0.395 e. The van der Waals surface area contributed by atoms with Crippen LogP contribution in [0.3, 0.4) is 0 Å². The molecule has 0 aliphatic carbocycles. The Labute approximate surface area is 111 Å². The highest BCUT2D eigenvalue weighted by Gasteiger charge is 2.21. The van der Waals surface area contributed by atoms with Gasteiger partial charge in [-0.25, -0.2) is 13.1 Å². The molecule has 0 spiro atoms. The minimum absolute atomic E-state index is 0.0459. The van der Waals surface area contributed by atoms with E-state index < -0.39 is 16.1 Å². The number of aliphatic hydroxyl groups is 1. The molecule has 96 valence electrons. The summed E-state index contributed by atoms with van der Waals surface area (Å²) in [5.41, 5.74) is 0. The van der Waals surface area contributed by atoms with Gasteiger partial charge in [-0.15, -0.1) is 0 Å². The monoisotopic (exact) mass is 297 g/mol. The van der Waals surface area contributed by atoms with Gasteiger partial charge in [-0.3, -0.25) is 0 Å². The number of rotatable bonds is 5. The zero-order valence-electron chi connectivity index (χ0n) is 9.15. The number of benzene rings is 1. The van der Waals surface area contributed by atoms with Gasteiger partial charge < -0.3 is 5.11 Å². The number of aliphatic hydroxyl groups excluding tert-OH is 1. The van der Waals surface area contributed by atoms with Crippen molar-refractivity contribution in [2.75, 3.05) is 6.61 Å². The predicted octanol–water partition coefficient (Wildman–Crippen LogP) is 2.04. The van der Waals surface area contributed by atoms with E-state index in [0.29, 0.717) is 11.4 Å². The van der Waals surface area contributed by atoms with E-state index in [0.717, 1.165) is 0 Å². The molecule has 1 atom stereocenters. The van der Waals surface area contributed by atoms with Crippen LogP contribution in [0.1, 0.15) is 13.3 Å². The summed E-state index contributed by atoms with van der Waals surface area (Å²) in [5, 5.41) is 9.39. The Kier molecular flexibility index (Phi) is 5.22. The first-order valence-corrected chi connectivity index (χ1v) is 7.23. The Bertz CT molecular complexity index is 486. The Morgan fingerprint density at radius 3 is 2.53 bits per heavy atom. The molecular weight excluding hydrogens is 285 g/mol. The Balaban J connectivity index is 3.05. The fraction of sp³-hybridized carbons (Fsp3) is 0.400. The Morgan fingerprint density at radius 2 is 2.06 bits per heavy atom. The molecule has 0 radical (unpaired) electrons. The predicted molar refractivity (Wildman–Crippen MR) is 67.9 cm³/mol. The third-order valence-corrected chi connectivity index (χ3v) is 4.46. The van der Waals surface area contributed by atoms with Crippen LogP contribution in [0.2, 0.25) is 10.0 Å². The second kappa shape index (κ2) is 6.02. The molecule has 0 aliphatic rings. The molecule has 1 aromatic rings. The van der Waals surface area contributed by atoms with Crippen molar-refractivity contribution < 1.29 is 13.5 Å². The van der Waals surface area contributed by atoms with E-state index in [2.05, 4.69) is 4.72 Å². The van der Waals surface area contributed by atoms with Crippen LogP contribution in [-0.2, 0) is 10.0 Å². The zero-order valence-corrected chi connectivity index (χ0v) is 11.5. The van der Waals surface area contributed by atoms with Crippen LogP contribution in [0.4, 0.5) is 0 Å². The van der Waals surface area contributed by atoms with Crippen molar-refractivity contribution in [3.8, 4) is 0 Å². The quantitative estimate of drug-likeness (QED) is 0.874. The summed E-state index contributed by atoms with van der Waals surface area (Å²) >= 11 is 11.5. The second-order valence-corrected chi connectivity index (χ2v) is 6.01. The maximum Gasteiger partial charge on any atom is 0.242 e. The van der Waals surface area contributed by atoms with Crippen molar-refractivity contribution >= 4 is 33.2 Å². The molecular formula is C10H13Cl2NO3S. The molecule has 0 unspecified atom stereocenters. The van der Waals surface area contributed by atoms with Crippen LogP contribution in [0.25, 0.3) is 0 Å². The molecule has 7 heteroatoms. The minimum atomic E-state index is -3.73. The minimum Gasteiger partial charge on any atom is -0.395 e. The lowest BCUT2D eigenvalue weighted by molar-refractivity contribution is 0.254. The van der Waals surface area contributed by atoms with Crippen LogP contribution < -0.4 is 4.72 Å². The third-order valence-electron chi connectivity index (χ3n) is 2.22. The van der Waals surface area contributed by atoms with Crippen molar-refractivity contribution in [2.45, 2.75) is 24.3 Å². The first-order valence-electron chi connectivity index (χ1n) is 4.99. The van der Waals surface area contributed by atoms with Gasteiger partial charge in [-0.2, -0.15) is 0 Å². The van der Waals surface area contributed by atoms with Gasteiger partial charge in [0.15, 0.2) is 0 Å². The van der Waals surface area contributed by atoms with E-state index >= 15 is 0 Å². The highest BCUT2D eigenvalue weighted by atomic mass is 35.5. The average Bonchev–Trinajstić information content (AvgIpc) is 2.25. The van der Waals surface area contributed by atoms with Gasteiger partial charge in [-0.05, 0) is 24.6 Å². The lowest BCUT2D eigenvalue weighted by atomic mass is 10.3. The topological polar surface area (TPSA) is 66.4 Å². The van der Waals surface area contributed by atoms with Crippen LogP contribution in [0, 0.1) is 0 Å². The van der Waals surface area contributed by atoms with Gasteiger partial charge in [-0.1, -0.05) is 30.1 Å². The van der Waals surface area contributed by atoms with Gasteiger partial charge in [0, 0.05) is 11.1 Å². The van der Waals surface area contributed by atoms with Crippen molar-refractivity contribution in [2.24, 2.45) is 0 Å². The lowest BCUT2D eigenvalue weighted by Crippen LogP contribution is -2.37. The van der Waals surface area contributed by atoms with Gasteiger partial charge >= 0.3 is 0 Å². The first-order chi connectivity index (χ1) is 7.90. The molecule has 0 amide bonds. The van der Waals surface area contributed by atoms with Crippen LogP contribution in [0.5, 0.6) is 0 Å². The highest BCUT2D eigenvalue weighted by Crippen LogP contribution is 2.25. The standard InChI is InChI=1S/C10H13Cl2NO3S/c1-2-8(6-14)13-17(15,16)10-4-3-7(11)5-9(10)12/h3-5,8,13-14H,2,6H2,1H3/t8-/m0/s1. The molecule has 0 aromatic heterocycles. The SMILES string of the molecule is CC[C@@H](CO)NS(=O)(=O)c1ccc(Cl)cc1Cl. The van der Waals surface area contributed by atoms with E-state index in [1.54, 1.807) is 6.92 Å². The van der Waals surface area contributed by atoms with Crippen molar-refractivity contribution in [1.29, 1.82) is 0 Å². The Hall–Kier alpha value is -0.330. The number of halogens is 2. The molecule has 1 rings (SSSR count). The Morgan fingerprint density at radius 1 is 1.41 bits per heavy atom. The highest BCUT2D eigenvalue weighted by molar-refractivity contribution is 7.89. The normalized spacial score (nSPS) is 13.6. The fourth-order valence-electron chi connectivity index (χ4n) is 1.23. The third kappa shape index (κ3) is 3.82. The summed E-state index contributed by atoms with van der Waals surface area (Å²) in [6.07, 6.45) is 0.487. The van der Waals surface area contributed by atoms with E-state index in [-0.39, 0.29) is 16.5 Å². The molecule has 2 N–H and O–H groups in total. The average molecular weight is 298 g/mol. The maximum absolute atomic E-state index is 11.9. The smallest absolute Gasteiger partial charge is 0.242 e. The van der Waals surface area contributed by atoms with Crippen LogP contribution >= 0.6 is 23.2 Å². The second-order valence-electron chi connectivity index (χ2n) is 3.48. The molecule has 0 saturated carbocycles. The summed E-state index contributed by atoms with van der Waals surface area (Å²) in [7, 11) is -3.73. The summed E-state index contributed by atoms with van der Waals surface area (Å²) in [6.45, 7) is 1.51. The van der Waals surface area contributed by atoms with E-state index in [4.69, 9.17) is 28.3 Å². The number of hydrogen-bond donors (Lipinski definition) is 2. The fourth-order valence-corrected chi connectivity index (χ4v) is 3.31. The summed E-state index contributed by atoms with van der Waals surface area (Å²) in [6, 6.07) is 3.61. The first kappa shape index (κ1) is 14.7. The number of nitrogens with one attached hydrogen (secondary N) is 1. The van der Waals surface area contributed by atoms with E-state index in [9.17, 15) is 8.42 Å². The van der Waals surface area contributed by atoms with Crippen LogP contribution in [-0.4, -0.2) is 26.2 Å². The molecule has 0 bridgehead atoms. The van der Waals surface area contributed by atoms with Gasteiger partial charge in [0.25, 0.3) is 0 Å². The molecule has 0 fully saturated rings. The van der Waals surface area contributed by atoms with Gasteiger partial charge in [0.05, 0.1) is 11.6 Å². The molecule has 0 aliphatic heterocycles. The van der Waals surface area contributed by atoms with E-state index in [1.165, 1.54) is 18.2 Å². The molecule has 4 nitrogen and oxygen atoms in total. The van der Waals surface area contributed by atoms with Crippen molar-refractivity contribution in [3.63, 3.8) is 0 Å². The van der Waals surface area contributed by atoms with Gasteiger partial charge in [0.1, 0.15) is 4.90 Å². The lowest BCUT2D eigenvalue weighted by Gasteiger charge is -2.15. The van der Waals surface area contributed by atoms with Crippen molar-refractivity contribution in [3.05, 3.63) is 28.2 Å². The van der Waals surface area contributed by atoms with E-state index in [1.807, 2.05) is 0 Å². The molecule has 17 heavy (non-hydrogen) atoms. The maximum atomic E-state index is 11.9. The summed E-state index contributed by atoms with van der Waals surface area (Å²) < 4.78 is 26.2. The number of hydrogen-bond acceptors (Lipinski definition) is 3. The van der Waals surface area contributed by atoms with Gasteiger partial charge in [0.2, 0.25) is 10.0 Å². The van der Waals surface area contributed by atoms with Crippen LogP contribution in [0.15, 0.2) is 23.1 Å². The molecule has 0 heterocycles. The van der Waals surface area contributed by atoms with Crippen molar-refractivity contribution in [1.82, 2.24) is 4.72 Å².